The Morgan fingerprint density at radius 2 is 2.05 bits per heavy atom. The molecule has 1 N–H and O–H groups in total. The topological polar surface area (TPSA) is 21.3 Å². The highest BCUT2D eigenvalue weighted by molar-refractivity contribution is 6.31. The van der Waals surface area contributed by atoms with E-state index in [9.17, 15) is 4.39 Å². The van der Waals surface area contributed by atoms with Crippen molar-refractivity contribution < 1.29 is 9.13 Å². The van der Waals surface area contributed by atoms with E-state index in [1.54, 1.807) is 13.2 Å². The molecule has 2 aromatic rings. The van der Waals surface area contributed by atoms with Crippen molar-refractivity contribution in [3.05, 3.63) is 64.4 Å². The minimum atomic E-state index is -0.275. The Balaban J connectivity index is 2.28. The van der Waals surface area contributed by atoms with Crippen LogP contribution in [0.1, 0.15) is 24.1 Å². The van der Waals surface area contributed by atoms with Gasteiger partial charge in [0.05, 0.1) is 7.11 Å². The van der Waals surface area contributed by atoms with Crippen molar-refractivity contribution in [2.45, 2.75) is 19.4 Å². The van der Waals surface area contributed by atoms with Crippen LogP contribution in [0.2, 0.25) is 5.02 Å². The summed E-state index contributed by atoms with van der Waals surface area (Å²) in [4.78, 5) is 0. The predicted molar refractivity (Wildman–Crippen MR) is 84.5 cm³/mol. The largest absolute Gasteiger partial charge is 0.497 e. The molecule has 1 atom stereocenters. The zero-order valence-corrected chi connectivity index (χ0v) is 13.0. The monoisotopic (exact) mass is 307 g/mol. The highest BCUT2D eigenvalue weighted by Crippen LogP contribution is 2.27. The van der Waals surface area contributed by atoms with E-state index in [1.807, 2.05) is 31.2 Å². The molecule has 0 heterocycles. The van der Waals surface area contributed by atoms with Gasteiger partial charge >= 0.3 is 0 Å². The number of hydrogen-bond acceptors (Lipinski definition) is 2. The summed E-state index contributed by atoms with van der Waals surface area (Å²) >= 11 is 6.22. The second-order valence-electron chi connectivity index (χ2n) is 4.83. The van der Waals surface area contributed by atoms with Crippen molar-refractivity contribution in [2.75, 3.05) is 13.7 Å². The molecule has 4 heteroatoms. The second kappa shape index (κ2) is 7.43. The number of rotatable bonds is 6. The summed E-state index contributed by atoms with van der Waals surface area (Å²) in [7, 11) is 1.64. The van der Waals surface area contributed by atoms with E-state index in [4.69, 9.17) is 16.3 Å². The average Bonchev–Trinajstić information content (AvgIpc) is 2.49. The van der Waals surface area contributed by atoms with Crippen LogP contribution in [-0.4, -0.2) is 13.7 Å². The fourth-order valence-corrected chi connectivity index (χ4v) is 2.60. The van der Waals surface area contributed by atoms with Gasteiger partial charge in [-0.2, -0.15) is 0 Å². The highest BCUT2D eigenvalue weighted by atomic mass is 35.5. The van der Waals surface area contributed by atoms with Gasteiger partial charge in [0.25, 0.3) is 0 Å². The lowest BCUT2D eigenvalue weighted by Crippen LogP contribution is -2.23. The molecule has 0 bridgehead atoms. The molecular formula is C17H19ClFNO. The van der Waals surface area contributed by atoms with E-state index in [1.165, 1.54) is 12.1 Å². The SMILES string of the molecule is CCNC(Cc1cccc(OC)c1)c1cc(F)ccc1Cl. The lowest BCUT2D eigenvalue weighted by atomic mass is 9.98. The minimum absolute atomic E-state index is 0.0368. The number of likely N-dealkylation sites (N-methyl/N-ethyl adjacent to an activating group) is 1. The van der Waals surface area contributed by atoms with Gasteiger partial charge in [0.1, 0.15) is 11.6 Å². The Labute approximate surface area is 129 Å². The van der Waals surface area contributed by atoms with Crippen LogP contribution in [0.4, 0.5) is 4.39 Å². The first-order valence-corrected chi connectivity index (χ1v) is 7.33. The molecule has 0 aliphatic heterocycles. The zero-order valence-electron chi connectivity index (χ0n) is 12.2. The molecule has 0 aromatic heterocycles. The van der Waals surface area contributed by atoms with Crippen molar-refractivity contribution in [1.82, 2.24) is 5.32 Å². The quantitative estimate of drug-likeness (QED) is 0.855. The molecular weight excluding hydrogens is 289 g/mol. The van der Waals surface area contributed by atoms with Gasteiger partial charge in [-0.15, -0.1) is 0 Å². The first-order valence-electron chi connectivity index (χ1n) is 6.95. The van der Waals surface area contributed by atoms with Gasteiger partial charge < -0.3 is 10.1 Å². The van der Waals surface area contributed by atoms with Crippen molar-refractivity contribution in [3.8, 4) is 5.75 Å². The van der Waals surface area contributed by atoms with E-state index in [0.29, 0.717) is 11.4 Å². The molecule has 0 fully saturated rings. The third-order valence-electron chi connectivity index (χ3n) is 3.36. The zero-order chi connectivity index (χ0) is 15.2. The van der Waals surface area contributed by atoms with Crippen LogP contribution in [-0.2, 0) is 6.42 Å². The highest BCUT2D eigenvalue weighted by Gasteiger charge is 2.15. The number of halogens is 2. The van der Waals surface area contributed by atoms with Crippen LogP contribution >= 0.6 is 11.6 Å². The third kappa shape index (κ3) is 4.19. The van der Waals surface area contributed by atoms with Gasteiger partial charge in [0, 0.05) is 11.1 Å². The molecule has 0 amide bonds. The molecule has 0 aliphatic carbocycles. The number of methoxy groups -OCH3 is 1. The molecule has 1 unspecified atom stereocenters. The summed E-state index contributed by atoms with van der Waals surface area (Å²) in [5.41, 5.74) is 1.89. The molecule has 0 saturated carbocycles. The van der Waals surface area contributed by atoms with Crippen LogP contribution < -0.4 is 10.1 Å². The molecule has 0 spiro atoms. The Hall–Kier alpha value is -1.58. The minimum Gasteiger partial charge on any atom is -0.497 e. The first kappa shape index (κ1) is 15.8. The summed E-state index contributed by atoms with van der Waals surface area (Å²) in [6.07, 6.45) is 0.716. The maximum Gasteiger partial charge on any atom is 0.123 e. The summed E-state index contributed by atoms with van der Waals surface area (Å²) in [5, 5.41) is 3.94. The van der Waals surface area contributed by atoms with E-state index in [0.717, 1.165) is 23.4 Å². The molecule has 0 saturated heterocycles. The summed E-state index contributed by atoms with van der Waals surface area (Å²) in [6.45, 7) is 2.80. The van der Waals surface area contributed by atoms with Crippen molar-refractivity contribution in [1.29, 1.82) is 0 Å². The maximum absolute atomic E-state index is 13.5. The van der Waals surface area contributed by atoms with Gasteiger partial charge in [-0.25, -0.2) is 4.39 Å². The standard InChI is InChI=1S/C17H19ClFNO/c1-3-20-17(15-11-13(19)7-8-16(15)18)10-12-5-4-6-14(9-12)21-2/h4-9,11,17,20H,3,10H2,1-2H3. The van der Waals surface area contributed by atoms with Gasteiger partial charge in [0.2, 0.25) is 0 Å². The molecule has 112 valence electrons. The third-order valence-corrected chi connectivity index (χ3v) is 3.70. The number of ether oxygens (including phenoxy) is 1. The van der Waals surface area contributed by atoms with Gasteiger partial charge in [0.15, 0.2) is 0 Å². The van der Waals surface area contributed by atoms with Crippen LogP contribution in [0.25, 0.3) is 0 Å². The number of benzene rings is 2. The number of nitrogens with one attached hydrogen (secondary N) is 1. The molecule has 2 nitrogen and oxygen atoms in total. The van der Waals surface area contributed by atoms with Crippen molar-refractivity contribution in [2.24, 2.45) is 0 Å². The summed E-state index contributed by atoms with van der Waals surface area (Å²) < 4.78 is 18.7. The Bertz CT molecular complexity index is 603. The normalized spacial score (nSPS) is 12.2. The summed E-state index contributed by atoms with van der Waals surface area (Å²) in [5.74, 6) is 0.538. The molecule has 2 aromatic carbocycles. The van der Waals surface area contributed by atoms with Gasteiger partial charge in [-0.3, -0.25) is 0 Å². The Morgan fingerprint density at radius 1 is 1.24 bits per heavy atom. The average molecular weight is 308 g/mol. The van der Waals surface area contributed by atoms with Crippen LogP contribution in [0.15, 0.2) is 42.5 Å². The summed E-state index contributed by atoms with van der Waals surface area (Å²) in [6, 6.07) is 12.3. The number of hydrogen-bond donors (Lipinski definition) is 1. The predicted octanol–water partition coefficient (Wildman–Crippen LogP) is 4.38. The fraction of sp³-hybridized carbons (Fsp3) is 0.294. The van der Waals surface area contributed by atoms with E-state index < -0.39 is 0 Å². The maximum atomic E-state index is 13.5. The smallest absolute Gasteiger partial charge is 0.123 e. The van der Waals surface area contributed by atoms with Gasteiger partial charge in [-0.05, 0) is 54.4 Å². The molecule has 2 rings (SSSR count). The van der Waals surface area contributed by atoms with Crippen LogP contribution in [0, 0.1) is 5.82 Å². The van der Waals surface area contributed by atoms with E-state index >= 15 is 0 Å². The van der Waals surface area contributed by atoms with Crippen LogP contribution in [0.5, 0.6) is 5.75 Å². The molecule has 21 heavy (non-hydrogen) atoms. The van der Waals surface area contributed by atoms with Crippen molar-refractivity contribution in [3.63, 3.8) is 0 Å². The van der Waals surface area contributed by atoms with Gasteiger partial charge in [-0.1, -0.05) is 30.7 Å². The first-order chi connectivity index (χ1) is 10.1. The Kier molecular flexibility index (Phi) is 5.59. The van der Waals surface area contributed by atoms with E-state index in [-0.39, 0.29) is 11.9 Å². The second-order valence-corrected chi connectivity index (χ2v) is 5.24. The molecule has 0 aliphatic rings. The molecule has 0 radical (unpaired) electrons. The lowest BCUT2D eigenvalue weighted by molar-refractivity contribution is 0.414. The van der Waals surface area contributed by atoms with Crippen LogP contribution in [0.3, 0.4) is 0 Å². The van der Waals surface area contributed by atoms with Crippen molar-refractivity contribution >= 4 is 11.6 Å². The van der Waals surface area contributed by atoms with E-state index in [2.05, 4.69) is 5.32 Å². The fourth-order valence-electron chi connectivity index (χ4n) is 2.36. The lowest BCUT2D eigenvalue weighted by Gasteiger charge is -2.20. The Morgan fingerprint density at radius 3 is 2.76 bits per heavy atom.